The fourth-order valence-corrected chi connectivity index (χ4v) is 9.51. The zero-order valence-corrected chi connectivity index (χ0v) is 30.0. The van der Waals surface area contributed by atoms with Crippen LogP contribution in [0.5, 0.6) is 0 Å². The first kappa shape index (κ1) is 30.9. The molecule has 254 valence electrons. The zero-order chi connectivity index (χ0) is 35.6. The third-order valence-corrected chi connectivity index (χ3v) is 12.0. The van der Waals surface area contributed by atoms with E-state index in [0.29, 0.717) is 5.96 Å². The highest BCUT2D eigenvalue weighted by Gasteiger charge is 2.28. The second kappa shape index (κ2) is 12.5. The van der Waals surface area contributed by atoms with Crippen molar-refractivity contribution < 1.29 is 5.32 Å². The predicted molar refractivity (Wildman–Crippen MR) is 228 cm³/mol. The van der Waals surface area contributed by atoms with Crippen LogP contribution in [0.2, 0.25) is 0 Å². The summed E-state index contributed by atoms with van der Waals surface area (Å²) < 4.78 is 4.91. The fraction of sp³-hybridized carbons (Fsp3) is 0.0204. The summed E-state index contributed by atoms with van der Waals surface area (Å²) >= 11 is 1.89. The predicted octanol–water partition coefficient (Wildman–Crippen LogP) is 11.6. The van der Waals surface area contributed by atoms with Crippen molar-refractivity contribution in [3.63, 3.8) is 0 Å². The monoisotopic (exact) mass is 709 g/mol. The lowest BCUT2D eigenvalue weighted by molar-refractivity contribution is -0.586. The van der Waals surface area contributed by atoms with Crippen LogP contribution in [0.1, 0.15) is 17.3 Å². The Hall–Kier alpha value is -6.66. The van der Waals surface area contributed by atoms with E-state index >= 15 is 0 Å². The molecule has 4 nitrogen and oxygen atoms in total. The maximum Gasteiger partial charge on any atom is 0.240 e. The lowest BCUT2D eigenvalue weighted by Crippen LogP contribution is -2.90. The van der Waals surface area contributed by atoms with Gasteiger partial charge in [-0.3, -0.25) is 9.88 Å². The number of hydrogen-bond acceptors (Lipinski definition) is 3. The van der Waals surface area contributed by atoms with Crippen molar-refractivity contribution in [2.45, 2.75) is 6.17 Å². The van der Waals surface area contributed by atoms with E-state index in [-0.39, 0.29) is 6.17 Å². The van der Waals surface area contributed by atoms with E-state index in [1.807, 2.05) is 11.3 Å². The molecule has 11 rings (SSSR count). The lowest BCUT2D eigenvalue weighted by atomic mass is 9.94. The van der Waals surface area contributed by atoms with Gasteiger partial charge in [0.25, 0.3) is 0 Å². The quantitative estimate of drug-likeness (QED) is 0.189. The Balaban J connectivity index is 1.17. The van der Waals surface area contributed by atoms with Crippen LogP contribution in [-0.4, -0.2) is 16.4 Å². The van der Waals surface area contributed by atoms with Gasteiger partial charge in [0.05, 0.1) is 16.6 Å². The van der Waals surface area contributed by atoms with Crippen molar-refractivity contribution in [2.75, 3.05) is 0 Å². The summed E-state index contributed by atoms with van der Waals surface area (Å²) in [5.74, 6) is 1.60. The van der Waals surface area contributed by atoms with Gasteiger partial charge in [0.15, 0.2) is 0 Å². The number of aliphatic imine (C=N–C) groups is 2. The van der Waals surface area contributed by atoms with E-state index in [1.165, 1.54) is 64.0 Å². The molecule has 8 aromatic carbocycles. The standard InChI is InChI=1S/C49H32N4S/c1-4-14-31(15-5-1)32-24-26-35(27-25-32)48-50-47(34-18-8-3-9-19-34)51-49(52-48)53-41-22-12-10-20-37(41)44-40-30-39(33-16-6-2-7-17-33)46-45(36(40)28-29-42(44)53)38-21-11-13-23-43(38)54-46/h1-30,47H,(H,50,51,52)/p+1. The summed E-state index contributed by atoms with van der Waals surface area (Å²) in [4.78, 5) is 10.8. The summed E-state index contributed by atoms with van der Waals surface area (Å²) in [6.45, 7) is 0. The second-order valence-corrected chi connectivity index (χ2v) is 14.9. The number of thiophene rings is 1. The molecule has 2 aromatic heterocycles. The first-order valence-corrected chi connectivity index (χ1v) is 19.2. The first-order chi connectivity index (χ1) is 26.8. The van der Waals surface area contributed by atoms with Crippen LogP contribution >= 0.6 is 11.3 Å². The minimum Gasteiger partial charge on any atom is -0.278 e. The Morgan fingerprint density at radius 3 is 1.89 bits per heavy atom. The molecule has 3 heterocycles. The second-order valence-electron chi connectivity index (χ2n) is 13.9. The van der Waals surface area contributed by atoms with Crippen LogP contribution in [0.15, 0.2) is 192 Å². The largest absolute Gasteiger partial charge is 0.278 e. The number of nitrogens with two attached hydrogens (primary N) is 1. The molecule has 2 N–H and O–H groups in total. The third-order valence-electron chi connectivity index (χ3n) is 10.8. The van der Waals surface area contributed by atoms with Crippen molar-refractivity contribution in [1.29, 1.82) is 0 Å². The van der Waals surface area contributed by atoms with Crippen LogP contribution in [0.25, 0.3) is 75.0 Å². The van der Waals surface area contributed by atoms with Gasteiger partial charge in [-0.25, -0.2) is 0 Å². The molecule has 0 saturated carbocycles. The Morgan fingerprint density at radius 1 is 0.481 bits per heavy atom. The van der Waals surface area contributed by atoms with Crippen molar-refractivity contribution >= 4 is 75.9 Å². The van der Waals surface area contributed by atoms with Crippen LogP contribution in [0, 0.1) is 0 Å². The SMILES string of the molecule is c1ccc(-c2ccc(C3=NC(n4c5ccccc5c5c6cc(-c7ccccc7)c7sc8ccccc8c7c6ccc54)=NC(c4ccccc4)[NH2+]3)cc2)cc1. The molecule has 0 amide bonds. The molecule has 0 bridgehead atoms. The van der Waals surface area contributed by atoms with Crippen LogP contribution < -0.4 is 5.32 Å². The molecule has 1 atom stereocenters. The number of quaternary nitrogens is 1. The molecule has 0 saturated heterocycles. The van der Waals surface area contributed by atoms with E-state index < -0.39 is 0 Å². The van der Waals surface area contributed by atoms with Gasteiger partial charge in [-0.1, -0.05) is 146 Å². The molecule has 0 fully saturated rings. The van der Waals surface area contributed by atoms with Crippen molar-refractivity contribution in [1.82, 2.24) is 4.57 Å². The average Bonchev–Trinajstić information content (AvgIpc) is 3.81. The minimum absolute atomic E-state index is 0.194. The van der Waals surface area contributed by atoms with Crippen molar-refractivity contribution in [3.05, 3.63) is 193 Å². The molecule has 1 unspecified atom stereocenters. The van der Waals surface area contributed by atoms with E-state index in [4.69, 9.17) is 9.98 Å². The normalized spacial score (nSPS) is 14.6. The Labute approximate surface area is 316 Å². The summed E-state index contributed by atoms with van der Waals surface area (Å²) in [6.07, 6.45) is -0.194. The van der Waals surface area contributed by atoms with Crippen molar-refractivity contribution in [3.8, 4) is 22.3 Å². The van der Waals surface area contributed by atoms with Crippen LogP contribution in [-0.2, 0) is 0 Å². The van der Waals surface area contributed by atoms with Gasteiger partial charge >= 0.3 is 0 Å². The Kier molecular flexibility index (Phi) is 7.15. The number of aromatic nitrogens is 1. The Bertz CT molecular complexity index is 3100. The smallest absolute Gasteiger partial charge is 0.240 e. The summed E-state index contributed by atoms with van der Waals surface area (Å²) in [7, 11) is 0. The molecular formula is C49H33N4S+. The summed E-state index contributed by atoms with van der Waals surface area (Å²) in [6, 6.07) is 65.2. The zero-order valence-electron chi connectivity index (χ0n) is 29.2. The summed E-state index contributed by atoms with van der Waals surface area (Å²) in [5, 5.41) is 9.72. The molecule has 0 aliphatic carbocycles. The minimum atomic E-state index is -0.194. The highest BCUT2D eigenvalue weighted by molar-refractivity contribution is 7.26. The molecule has 0 spiro atoms. The average molecular weight is 710 g/mol. The highest BCUT2D eigenvalue weighted by Crippen LogP contribution is 2.47. The maximum absolute atomic E-state index is 5.40. The topological polar surface area (TPSA) is 46.3 Å². The summed E-state index contributed by atoms with van der Waals surface area (Å²) in [5.41, 5.74) is 9.24. The number of nitrogens with zero attached hydrogens (tertiary/aromatic N) is 3. The van der Waals surface area contributed by atoms with Crippen LogP contribution in [0.3, 0.4) is 0 Å². The van der Waals surface area contributed by atoms with E-state index in [1.54, 1.807) is 0 Å². The number of para-hydroxylation sites is 1. The maximum atomic E-state index is 5.40. The molecule has 1 aliphatic heterocycles. The van der Waals surface area contributed by atoms with E-state index in [0.717, 1.165) is 28.0 Å². The third kappa shape index (κ3) is 4.94. The first-order valence-electron chi connectivity index (χ1n) is 18.4. The van der Waals surface area contributed by atoms with Gasteiger partial charge in [-0.15, -0.1) is 11.3 Å². The van der Waals surface area contributed by atoms with Gasteiger partial charge in [0.2, 0.25) is 18.0 Å². The van der Waals surface area contributed by atoms with Gasteiger partial charge in [-0.05, 0) is 63.9 Å². The fourth-order valence-electron chi connectivity index (χ4n) is 8.25. The number of amidine groups is 1. The van der Waals surface area contributed by atoms with Gasteiger partial charge < -0.3 is 0 Å². The molecule has 1 aliphatic rings. The molecule has 54 heavy (non-hydrogen) atoms. The number of hydrogen-bond donors (Lipinski definition) is 1. The number of fused-ring (bicyclic) bond motifs is 9. The van der Waals surface area contributed by atoms with Gasteiger partial charge in [0, 0.05) is 42.1 Å². The Morgan fingerprint density at radius 2 is 1.11 bits per heavy atom. The van der Waals surface area contributed by atoms with E-state index in [2.05, 4.69) is 192 Å². The van der Waals surface area contributed by atoms with E-state index in [9.17, 15) is 0 Å². The number of benzene rings is 8. The van der Waals surface area contributed by atoms with Gasteiger partial charge in [0.1, 0.15) is 0 Å². The molecule has 10 aromatic rings. The number of rotatable bonds is 4. The highest BCUT2D eigenvalue weighted by atomic mass is 32.1. The van der Waals surface area contributed by atoms with Crippen LogP contribution in [0.4, 0.5) is 0 Å². The molecule has 0 radical (unpaired) electrons. The van der Waals surface area contributed by atoms with Crippen molar-refractivity contribution in [2.24, 2.45) is 9.98 Å². The molecule has 5 heteroatoms. The lowest BCUT2D eigenvalue weighted by Gasteiger charge is -2.20. The molecular weight excluding hydrogens is 677 g/mol. The van der Waals surface area contributed by atoms with Gasteiger partial charge in [-0.2, -0.15) is 9.98 Å².